The van der Waals surface area contributed by atoms with Crippen LogP contribution in [0.15, 0.2) is 71.6 Å². The summed E-state index contributed by atoms with van der Waals surface area (Å²) in [5, 5.41) is 16.2. The van der Waals surface area contributed by atoms with Gasteiger partial charge in [-0.25, -0.2) is 0 Å². The second-order valence-electron chi connectivity index (χ2n) is 11.4. The number of amides is 2. The number of para-hydroxylation sites is 2. The highest BCUT2D eigenvalue weighted by Crippen LogP contribution is 2.39. The van der Waals surface area contributed by atoms with Gasteiger partial charge in [0.25, 0.3) is 5.91 Å². The maximum atomic E-state index is 13.5. The van der Waals surface area contributed by atoms with Crippen LogP contribution in [0.4, 0.5) is 11.4 Å². The van der Waals surface area contributed by atoms with Crippen molar-refractivity contribution in [1.82, 2.24) is 30.2 Å². The molecule has 4 heterocycles. The van der Waals surface area contributed by atoms with Crippen LogP contribution < -0.4 is 21.1 Å². The van der Waals surface area contributed by atoms with Gasteiger partial charge in [0.2, 0.25) is 5.91 Å². The van der Waals surface area contributed by atoms with E-state index in [0.717, 1.165) is 39.7 Å². The van der Waals surface area contributed by atoms with E-state index in [0.29, 0.717) is 66.1 Å². The number of nitrogens with zero attached hydrogens (tertiary/aromatic N) is 5. The number of carbonyl (C=O) groups is 2. The number of nitrogens with one attached hydrogen (secondary N) is 2. The van der Waals surface area contributed by atoms with E-state index in [1.807, 2.05) is 54.9 Å². The predicted octanol–water partition coefficient (Wildman–Crippen LogP) is 5.82. The van der Waals surface area contributed by atoms with Crippen molar-refractivity contribution in [2.24, 2.45) is 0 Å². The lowest BCUT2D eigenvalue weighted by atomic mass is 10.00. The number of anilines is 2. The fourth-order valence-corrected chi connectivity index (χ4v) is 5.76. The van der Waals surface area contributed by atoms with Crippen LogP contribution >= 0.6 is 0 Å². The van der Waals surface area contributed by atoms with Gasteiger partial charge < -0.3 is 25.6 Å². The summed E-state index contributed by atoms with van der Waals surface area (Å²) < 4.78 is 13.1. The molecule has 0 radical (unpaired) electrons. The van der Waals surface area contributed by atoms with Gasteiger partial charge in [0.15, 0.2) is 5.69 Å². The zero-order chi connectivity index (χ0) is 32.9. The number of nitrogens with two attached hydrogens (primary N) is 1. The standard InChI is InChI=1S/C35H36N8O4/c1-21-32(22(2)47-42-21)25-16-29-24(17-30(25)46-3)34-26(19-39-29)33(41-43(34)20-23-10-9-14-37-18-23)35(45)38-15-8-4-5-13-31(44)40-28-12-7-6-11-27(28)36/h6-7,9-12,14,16-19H,4-5,8,13,15,20,36H2,1-3H3,(H,38,45)(H,40,44). The summed E-state index contributed by atoms with van der Waals surface area (Å²) in [6, 6.07) is 14.9. The number of carbonyl (C=O) groups excluding carboxylic acids is 2. The third kappa shape index (κ3) is 6.62. The third-order valence-electron chi connectivity index (χ3n) is 8.07. The average Bonchev–Trinajstić information content (AvgIpc) is 3.62. The Labute approximate surface area is 271 Å². The molecule has 12 heteroatoms. The highest BCUT2D eigenvalue weighted by molar-refractivity contribution is 6.13. The molecule has 0 bridgehead atoms. The van der Waals surface area contributed by atoms with Crippen LogP contribution in [0.25, 0.3) is 32.9 Å². The number of hydrogen-bond acceptors (Lipinski definition) is 9. The molecule has 12 nitrogen and oxygen atoms in total. The number of aromatic nitrogens is 5. The molecule has 2 aromatic carbocycles. The van der Waals surface area contributed by atoms with Gasteiger partial charge in [-0.05, 0) is 62.6 Å². The highest BCUT2D eigenvalue weighted by atomic mass is 16.5. The van der Waals surface area contributed by atoms with Gasteiger partial charge in [0.05, 0.1) is 52.7 Å². The molecule has 240 valence electrons. The lowest BCUT2D eigenvalue weighted by Crippen LogP contribution is -2.25. The lowest BCUT2D eigenvalue weighted by Gasteiger charge is -2.12. The first kappa shape index (κ1) is 31.2. The third-order valence-corrected chi connectivity index (χ3v) is 8.07. The summed E-state index contributed by atoms with van der Waals surface area (Å²) in [6.45, 7) is 4.60. The van der Waals surface area contributed by atoms with Crippen molar-refractivity contribution in [1.29, 1.82) is 0 Å². The minimum Gasteiger partial charge on any atom is -0.496 e. The fraction of sp³-hybridized carbons (Fsp3) is 0.257. The van der Waals surface area contributed by atoms with Gasteiger partial charge in [-0.15, -0.1) is 0 Å². The molecular weight excluding hydrogens is 596 g/mol. The largest absolute Gasteiger partial charge is 0.496 e. The molecule has 4 N–H and O–H groups in total. The molecule has 47 heavy (non-hydrogen) atoms. The van der Waals surface area contributed by atoms with Crippen LogP contribution in [0, 0.1) is 13.8 Å². The number of nitrogen functional groups attached to an aromatic ring is 1. The quantitative estimate of drug-likeness (QED) is 0.111. The van der Waals surface area contributed by atoms with Crippen molar-refractivity contribution in [3.8, 4) is 16.9 Å². The molecule has 0 aliphatic heterocycles. The molecule has 0 unspecified atom stereocenters. The van der Waals surface area contributed by atoms with Crippen LogP contribution in [0.1, 0.15) is 53.2 Å². The normalized spacial score (nSPS) is 11.2. The molecule has 0 saturated heterocycles. The topological polar surface area (TPSA) is 163 Å². The number of methoxy groups -OCH3 is 1. The summed E-state index contributed by atoms with van der Waals surface area (Å²) in [6.07, 6.45) is 7.73. The van der Waals surface area contributed by atoms with Crippen molar-refractivity contribution in [2.45, 2.75) is 46.1 Å². The Morgan fingerprint density at radius 1 is 1.02 bits per heavy atom. The van der Waals surface area contributed by atoms with E-state index in [1.165, 1.54) is 0 Å². The Morgan fingerprint density at radius 3 is 2.62 bits per heavy atom. The molecule has 0 saturated carbocycles. The van der Waals surface area contributed by atoms with E-state index in [1.54, 1.807) is 37.8 Å². The number of aryl methyl sites for hydroxylation is 2. The first-order chi connectivity index (χ1) is 22.8. The van der Waals surface area contributed by atoms with Crippen LogP contribution in [-0.4, -0.2) is 50.4 Å². The summed E-state index contributed by atoms with van der Waals surface area (Å²) in [7, 11) is 1.62. The Morgan fingerprint density at radius 2 is 1.87 bits per heavy atom. The molecule has 6 rings (SSSR count). The van der Waals surface area contributed by atoms with E-state index in [-0.39, 0.29) is 17.5 Å². The summed E-state index contributed by atoms with van der Waals surface area (Å²) in [5.41, 5.74) is 12.2. The second kappa shape index (κ2) is 13.7. The van der Waals surface area contributed by atoms with Gasteiger partial charge >= 0.3 is 0 Å². The Kier molecular flexibility index (Phi) is 9.09. The molecule has 0 aliphatic rings. The first-order valence-corrected chi connectivity index (χ1v) is 15.5. The number of hydrogen-bond donors (Lipinski definition) is 3. The van der Waals surface area contributed by atoms with Gasteiger partial charge in [0.1, 0.15) is 11.5 Å². The predicted molar refractivity (Wildman–Crippen MR) is 180 cm³/mol. The molecule has 0 aliphatic carbocycles. The van der Waals surface area contributed by atoms with Crippen LogP contribution in [-0.2, 0) is 11.3 Å². The Bertz CT molecular complexity index is 2050. The maximum Gasteiger partial charge on any atom is 0.272 e. The minimum absolute atomic E-state index is 0.0901. The zero-order valence-electron chi connectivity index (χ0n) is 26.5. The molecule has 4 aromatic heterocycles. The van der Waals surface area contributed by atoms with E-state index in [2.05, 4.69) is 20.8 Å². The van der Waals surface area contributed by atoms with Gasteiger partial charge in [-0.2, -0.15) is 5.10 Å². The Balaban J connectivity index is 1.22. The average molecular weight is 633 g/mol. The molecule has 6 aromatic rings. The number of ether oxygens (including phenoxy) is 1. The van der Waals surface area contributed by atoms with Crippen molar-refractivity contribution >= 4 is 45.0 Å². The van der Waals surface area contributed by atoms with E-state index >= 15 is 0 Å². The van der Waals surface area contributed by atoms with Crippen molar-refractivity contribution < 1.29 is 18.8 Å². The summed E-state index contributed by atoms with van der Waals surface area (Å²) in [5.74, 6) is 0.926. The van der Waals surface area contributed by atoms with Crippen LogP contribution in [0.5, 0.6) is 5.75 Å². The van der Waals surface area contributed by atoms with Crippen molar-refractivity contribution in [2.75, 3.05) is 24.7 Å². The van der Waals surface area contributed by atoms with Crippen LogP contribution in [0.3, 0.4) is 0 Å². The molecule has 0 atom stereocenters. The van der Waals surface area contributed by atoms with E-state index in [9.17, 15) is 9.59 Å². The fourth-order valence-electron chi connectivity index (χ4n) is 5.76. The minimum atomic E-state index is -0.294. The number of rotatable bonds is 12. The number of unbranched alkanes of at least 4 members (excludes halogenated alkanes) is 2. The SMILES string of the molecule is COc1cc2c(cc1-c1c(C)noc1C)ncc1c(C(=O)NCCCCCC(=O)Nc3ccccc3N)nn(Cc3cccnc3)c12. The second-order valence-corrected chi connectivity index (χ2v) is 11.4. The number of fused-ring (bicyclic) bond motifs is 3. The smallest absolute Gasteiger partial charge is 0.272 e. The summed E-state index contributed by atoms with van der Waals surface area (Å²) >= 11 is 0. The first-order valence-electron chi connectivity index (χ1n) is 15.5. The van der Waals surface area contributed by atoms with Gasteiger partial charge in [0, 0.05) is 42.5 Å². The van der Waals surface area contributed by atoms with Crippen molar-refractivity contribution in [3.05, 3.63) is 89.8 Å². The van der Waals surface area contributed by atoms with E-state index in [4.69, 9.17) is 25.1 Å². The lowest BCUT2D eigenvalue weighted by molar-refractivity contribution is -0.116. The highest BCUT2D eigenvalue weighted by Gasteiger charge is 2.23. The van der Waals surface area contributed by atoms with Crippen LogP contribution in [0.2, 0.25) is 0 Å². The molecule has 2 amide bonds. The van der Waals surface area contributed by atoms with Crippen molar-refractivity contribution in [3.63, 3.8) is 0 Å². The zero-order valence-corrected chi connectivity index (χ0v) is 26.5. The van der Waals surface area contributed by atoms with Gasteiger partial charge in [-0.3, -0.25) is 24.2 Å². The maximum absolute atomic E-state index is 13.5. The number of benzene rings is 2. The van der Waals surface area contributed by atoms with E-state index < -0.39 is 0 Å². The molecule has 0 fully saturated rings. The molecular formula is C35H36N8O4. The Hall–Kier alpha value is -5.78. The number of pyridine rings is 2. The molecule has 0 spiro atoms. The monoisotopic (exact) mass is 632 g/mol. The van der Waals surface area contributed by atoms with Gasteiger partial charge in [-0.1, -0.05) is 29.8 Å². The summed E-state index contributed by atoms with van der Waals surface area (Å²) in [4.78, 5) is 34.8.